The zero-order valence-electron chi connectivity index (χ0n) is 15.9. The van der Waals surface area contributed by atoms with E-state index in [1.54, 1.807) is 0 Å². The predicted octanol–water partition coefficient (Wildman–Crippen LogP) is 4.20. The van der Waals surface area contributed by atoms with Crippen molar-refractivity contribution in [1.82, 2.24) is 19.9 Å². The zero-order valence-corrected chi connectivity index (χ0v) is 15.9. The molecule has 0 aliphatic rings. The number of aromatic nitrogens is 4. The Labute approximate surface area is 159 Å². The normalized spacial score (nSPS) is 11.1. The van der Waals surface area contributed by atoms with Crippen LogP contribution in [0.1, 0.15) is 27.8 Å². The highest BCUT2D eigenvalue weighted by Gasteiger charge is 2.09. The lowest BCUT2D eigenvalue weighted by Gasteiger charge is -2.17. The molecule has 3 heterocycles. The van der Waals surface area contributed by atoms with Crippen LogP contribution in [-0.4, -0.2) is 27.0 Å². The van der Waals surface area contributed by atoms with E-state index in [0.717, 1.165) is 41.1 Å². The molecule has 0 aliphatic heterocycles. The number of fused-ring (bicyclic) bond motifs is 1. The van der Waals surface area contributed by atoms with E-state index >= 15 is 0 Å². The molecule has 1 aromatic carbocycles. The maximum absolute atomic E-state index is 4.56. The third-order valence-corrected chi connectivity index (χ3v) is 4.72. The van der Waals surface area contributed by atoms with Crippen molar-refractivity contribution in [3.63, 3.8) is 0 Å². The van der Waals surface area contributed by atoms with Crippen LogP contribution in [0.15, 0.2) is 55.1 Å². The molecule has 0 amide bonds. The summed E-state index contributed by atoms with van der Waals surface area (Å²) in [5.74, 6) is 0.732. The van der Waals surface area contributed by atoms with Crippen LogP contribution >= 0.6 is 0 Å². The Kier molecular flexibility index (Phi) is 4.59. The number of aromatic amines is 1. The maximum Gasteiger partial charge on any atom is 0.225 e. The van der Waals surface area contributed by atoms with Crippen molar-refractivity contribution in [1.29, 1.82) is 0 Å². The summed E-state index contributed by atoms with van der Waals surface area (Å²) in [4.78, 5) is 18.9. The smallest absolute Gasteiger partial charge is 0.225 e. The number of anilines is 1. The summed E-state index contributed by atoms with van der Waals surface area (Å²) in [5, 5.41) is 1.16. The molecule has 3 aromatic heterocycles. The number of benzene rings is 1. The topological polar surface area (TPSA) is 57.7 Å². The quantitative estimate of drug-likeness (QED) is 0.582. The minimum absolute atomic E-state index is 0.732. The first-order chi connectivity index (χ1) is 13.1. The maximum atomic E-state index is 4.56. The minimum Gasteiger partial charge on any atom is -0.346 e. The van der Waals surface area contributed by atoms with Gasteiger partial charge in [-0.3, -0.25) is 0 Å². The van der Waals surface area contributed by atoms with E-state index in [2.05, 4.69) is 69.0 Å². The molecule has 4 aromatic rings. The van der Waals surface area contributed by atoms with E-state index in [4.69, 9.17) is 0 Å². The molecule has 0 atom stereocenters. The molecule has 136 valence electrons. The van der Waals surface area contributed by atoms with Crippen LogP contribution in [0, 0.1) is 13.8 Å². The van der Waals surface area contributed by atoms with Gasteiger partial charge in [0.15, 0.2) is 0 Å². The van der Waals surface area contributed by atoms with Crippen molar-refractivity contribution in [3.8, 4) is 0 Å². The van der Waals surface area contributed by atoms with Gasteiger partial charge in [-0.15, -0.1) is 0 Å². The number of hydrogen-bond acceptors (Lipinski definition) is 4. The van der Waals surface area contributed by atoms with Crippen molar-refractivity contribution in [3.05, 3.63) is 82.9 Å². The molecular weight excluding hydrogens is 334 g/mol. The summed E-state index contributed by atoms with van der Waals surface area (Å²) < 4.78 is 0. The van der Waals surface area contributed by atoms with Gasteiger partial charge in [-0.05, 0) is 42.2 Å². The summed E-state index contributed by atoms with van der Waals surface area (Å²) >= 11 is 0. The van der Waals surface area contributed by atoms with Gasteiger partial charge in [-0.1, -0.05) is 29.8 Å². The Hall–Kier alpha value is -3.21. The van der Waals surface area contributed by atoms with Crippen LogP contribution < -0.4 is 4.90 Å². The van der Waals surface area contributed by atoms with E-state index in [9.17, 15) is 0 Å². The first kappa shape index (κ1) is 17.2. The number of hydrogen-bond donors (Lipinski definition) is 1. The van der Waals surface area contributed by atoms with Crippen LogP contribution in [0.4, 0.5) is 5.95 Å². The lowest BCUT2D eigenvalue weighted by Crippen LogP contribution is -2.19. The molecule has 1 N–H and O–H groups in total. The number of aryl methyl sites for hydroxylation is 2. The number of H-pyrrole nitrogens is 1. The van der Waals surface area contributed by atoms with Gasteiger partial charge in [-0.2, -0.15) is 0 Å². The highest BCUT2D eigenvalue weighted by atomic mass is 15.2. The van der Waals surface area contributed by atoms with Gasteiger partial charge in [0.05, 0.1) is 0 Å². The number of rotatable bonds is 5. The van der Waals surface area contributed by atoms with Gasteiger partial charge in [0.2, 0.25) is 5.95 Å². The number of pyridine rings is 1. The minimum atomic E-state index is 0.732. The van der Waals surface area contributed by atoms with Gasteiger partial charge in [0, 0.05) is 50.2 Å². The molecule has 0 saturated carbocycles. The fourth-order valence-corrected chi connectivity index (χ4v) is 3.20. The first-order valence-corrected chi connectivity index (χ1v) is 9.09. The van der Waals surface area contributed by atoms with Gasteiger partial charge in [0.25, 0.3) is 0 Å². The fraction of sp³-hybridized carbons (Fsp3) is 0.227. The zero-order chi connectivity index (χ0) is 18.8. The highest BCUT2D eigenvalue weighted by Crippen LogP contribution is 2.20. The van der Waals surface area contributed by atoms with Gasteiger partial charge in [0.1, 0.15) is 5.65 Å². The third-order valence-electron chi connectivity index (χ3n) is 4.72. The molecule has 5 nitrogen and oxygen atoms in total. The molecule has 0 spiro atoms. The standard InChI is InChI=1S/C22H23N5/c1-15-4-6-17(7-5-15)14-27(3)22-25-11-18(12-26-22)9-19-13-24-21-20(19)8-16(2)10-23-21/h4-8,10-13H,9,14H2,1-3H3,(H,23,24). The fourth-order valence-electron chi connectivity index (χ4n) is 3.20. The van der Waals surface area contributed by atoms with Crippen LogP contribution in [0.3, 0.4) is 0 Å². The largest absolute Gasteiger partial charge is 0.346 e. The second-order valence-corrected chi connectivity index (χ2v) is 7.13. The van der Waals surface area contributed by atoms with E-state index in [1.165, 1.54) is 16.7 Å². The molecule has 0 aliphatic carbocycles. The van der Waals surface area contributed by atoms with Crippen LogP contribution in [0.5, 0.6) is 0 Å². The summed E-state index contributed by atoms with van der Waals surface area (Å²) in [6.45, 7) is 4.94. The average Bonchev–Trinajstić information content (AvgIpc) is 3.06. The Balaban J connectivity index is 1.48. The number of nitrogens with one attached hydrogen (secondary N) is 1. The third kappa shape index (κ3) is 3.82. The second-order valence-electron chi connectivity index (χ2n) is 7.13. The van der Waals surface area contributed by atoms with E-state index in [1.807, 2.05) is 31.8 Å². The molecule has 0 bridgehead atoms. The van der Waals surface area contributed by atoms with Crippen LogP contribution in [-0.2, 0) is 13.0 Å². The van der Waals surface area contributed by atoms with Gasteiger partial charge >= 0.3 is 0 Å². The van der Waals surface area contributed by atoms with E-state index in [0.29, 0.717) is 0 Å². The SMILES string of the molecule is Cc1ccc(CN(C)c2ncc(Cc3c[nH]c4ncc(C)cc34)cn2)cc1. The summed E-state index contributed by atoms with van der Waals surface area (Å²) in [6, 6.07) is 10.7. The van der Waals surface area contributed by atoms with Crippen molar-refractivity contribution >= 4 is 17.0 Å². The Morgan fingerprint density at radius 1 is 0.889 bits per heavy atom. The molecule has 0 saturated heterocycles. The van der Waals surface area contributed by atoms with Gasteiger partial charge in [-0.25, -0.2) is 15.0 Å². The summed E-state index contributed by atoms with van der Waals surface area (Å²) in [5.41, 5.74) is 6.90. The lowest BCUT2D eigenvalue weighted by molar-refractivity contribution is 0.861. The average molecular weight is 357 g/mol. The summed E-state index contributed by atoms with van der Waals surface area (Å²) in [6.07, 6.45) is 8.51. The van der Waals surface area contributed by atoms with Crippen LogP contribution in [0.2, 0.25) is 0 Å². The molecule has 0 fully saturated rings. The van der Waals surface area contributed by atoms with Crippen molar-refractivity contribution in [2.75, 3.05) is 11.9 Å². The van der Waals surface area contributed by atoms with E-state index < -0.39 is 0 Å². The Bertz CT molecular complexity index is 1050. The molecule has 5 heteroatoms. The van der Waals surface area contributed by atoms with E-state index in [-0.39, 0.29) is 0 Å². The van der Waals surface area contributed by atoms with Crippen LogP contribution in [0.25, 0.3) is 11.0 Å². The first-order valence-electron chi connectivity index (χ1n) is 9.09. The Morgan fingerprint density at radius 2 is 1.63 bits per heavy atom. The monoisotopic (exact) mass is 357 g/mol. The molecule has 0 radical (unpaired) electrons. The molecule has 0 unspecified atom stereocenters. The summed E-state index contributed by atoms with van der Waals surface area (Å²) in [7, 11) is 2.02. The number of nitrogens with zero attached hydrogens (tertiary/aromatic N) is 4. The molecular formula is C22H23N5. The Morgan fingerprint density at radius 3 is 2.37 bits per heavy atom. The second kappa shape index (κ2) is 7.19. The molecule has 27 heavy (non-hydrogen) atoms. The predicted molar refractivity (Wildman–Crippen MR) is 109 cm³/mol. The lowest BCUT2D eigenvalue weighted by atomic mass is 10.1. The highest BCUT2D eigenvalue weighted by molar-refractivity contribution is 5.80. The van der Waals surface area contributed by atoms with Crippen molar-refractivity contribution in [2.24, 2.45) is 0 Å². The van der Waals surface area contributed by atoms with Crippen molar-refractivity contribution < 1.29 is 0 Å². The van der Waals surface area contributed by atoms with Crippen molar-refractivity contribution in [2.45, 2.75) is 26.8 Å². The molecule has 4 rings (SSSR count). The van der Waals surface area contributed by atoms with Gasteiger partial charge < -0.3 is 9.88 Å².